The standard InChI is InChI=1S/C13H20BrN3O/c1-3-6-17-8-10(14)7-11(17)12(18)16-13(2)4-5-15-9-13/h7-8,15H,3-6,9H2,1-2H3,(H,16,18). The van der Waals surface area contributed by atoms with Gasteiger partial charge in [0.1, 0.15) is 5.69 Å². The number of halogens is 1. The van der Waals surface area contributed by atoms with Crippen molar-refractivity contribution in [1.29, 1.82) is 0 Å². The van der Waals surface area contributed by atoms with E-state index < -0.39 is 0 Å². The smallest absolute Gasteiger partial charge is 0.268 e. The topological polar surface area (TPSA) is 46.1 Å². The summed E-state index contributed by atoms with van der Waals surface area (Å²) in [6.07, 6.45) is 3.96. The summed E-state index contributed by atoms with van der Waals surface area (Å²) in [6.45, 7) is 6.87. The molecule has 0 radical (unpaired) electrons. The molecule has 5 heteroatoms. The maximum atomic E-state index is 12.3. The predicted octanol–water partition coefficient (Wildman–Crippen LogP) is 2.14. The first kappa shape index (κ1) is 13.6. The van der Waals surface area contributed by atoms with E-state index in [1.54, 1.807) is 0 Å². The summed E-state index contributed by atoms with van der Waals surface area (Å²) in [7, 11) is 0. The SMILES string of the molecule is CCCn1cc(Br)cc1C(=O)NC1(C)CCNC1. The fourth-order valence-electron chi connectivity index (χ4n) is 2.35. The summed E-state index contributed by atoms with van der Waals surface area (Å²) < 4.78 is 2.96. The van der Waals surface area contributed by atoms with E-state index in [2.05, 4.69) is 40.4 Å². The third kappa shape index (κ3) is 2.95. The number of aromatic nitrogens is 1. The van der Waals surface area contributed by atoms with Crippen LogP contribution < -0.4 is 10.6 Å². The van der Waals surface area contributed by atoms with Gasteiger partial charge in [0, 0.05) is 23.8 Å². The Bertz CT molecular complexity index is 435. The van der Waals surface area contributed by atoms with Gasteiger partial charge in [0.15, 0.2) is 0 Å². The number of carbonyl (C=O) groups is 1. The number of amides is 1. The van der Waals surface area contributed by atoms with Crippen LogP contribution in [0.4, 0.5) is 0 Å². The number of aryl methyl sites for hydroxylation is 1. The predicted molar refractivity (Wildman–Crippen MR) is 75.8 cm³/mol. The van der Waals surface area contributed by atoms with Crippen molar-refractivity contribution in [3.05, 3.63) is 22.4 Å². The number of nitrogens with zero attached hydrogens (tertiary/aromatic N) is 1. The summed E-state index contributed by atoms with van der Waals surface area (Å²) in [5, 5.41) is 6.42. The highest BCUT2D eigenvalue weighted by Crippen LogP contribution is 2.18. The Kier molecular flexibility index (Phi) is 4.12. The van der Waals surface area contributed by atoms with Gasteiger partial charge in [-0.1, -0.05) is 6.92 Å². The Labute approximate surface area is 116 Å². The quantitative estimate of drug-likeness (QED) is 0.894. The first-order valence-corrected chi connectivity index (χ1v) is 7.22. The van der Waals surface area contributed by atoms with Gasteiger partial charge in [-0.05, 0) is 48.3 Å². The number of nitrogens with one attached hydrogen (secondary N) is 2. The minimum absolute atomic E-state index is 0.0142. The highest BCUT2D eigenvalue weighted by Gasteiger charge is 2.31. The number of hydrogen-bond donors (Lipinski definition) is 2. The lowest BCUT2D eigenvalue weighted by Crippen LogP contribution is -2.47. The molecule has 18 heavy (non-hydrogen) atoms. The van der Waals surface area contributed by atoms with Gasteiger partial charge in [-0.15, -0.1) is 0 Å². The van der Waals surface area contributed by atoms with E-state index >= 15 is 0 Å². The van der Waals surface area contributed by atoms with Crippen LogP contribution in [0.15, 0.2) is 16.7 Å². The molecule has 1 aromatic rings. The van der Waals surface area contributed by atoms with Crippen molar-refractivity contribution in [2.24, 2.45) is 0 Å². The lowest BCUT2D eigenvalue weighted by atomic mass is 10.0. The Morgan fingerprint density at radius 3 is 3.06 bits per heavy atom. The molecule has 0 aromatic carbocycles. The maximum absolute atomic E-state index is 12.3. The van der Waals surface area contributed by atoms with Crippen molar-refractivity contribution < 1.29 is 4.79 Å². The van der Waals surface area contributed by atoms with Gasteiger partial charge in [0.05, 0.1) is 5.54 Å². The molecule has 4 nitrogen and oxygen atoms in total. The molecule has 100 valence electrons. The summed E-state index contributed by atoms with van der Waals surface area (Å²) >= 11 is 3.43. The van der Waals surface area contributed by atoms with Gasteiger partial charge in [-0.3, -0.25) is 4.79 Å². The van der Waals surface area contributed by atoms with Gasteiger partial charge in [0.25, 0.3) is 5.91 Å². The average Bonchev–Trinajstić information content (AvgIpc) is 2.86. The third-order valence-electron chi connectivity index (χ3n) is 3.34. The minimum Gasteiger partial charge on any atom is -0.344 e. The van der Waals surface area contributed by atoms with Crippen LogP contribution in [0, 0.1) is 0 Å². The van der Waals surface area contributed by atoms with E-state index in [1.165, 1.54) is 0 Å². The highest BCUT2D eigenvalue weighted by atomic mass is 79.9. The van der Waals surface area contributed by atoms with Crippen molar-refractivity contribution in [3.63, 3.8) is 0 Å². The molecule has 1 atom stereocenters. The molecular formula is C13H20BrN3O. The lowest BCUT2D eigenvalue weighted by Gasteiger charge is -2.24. The zero-order valence-corrected chi connectivity index (χ0v) is 12.5. The molecule has 1 aliphatic rings. The zero-order valence-electron chi connectivity index (χ0n) is 10.9. The van der Waals surface area contributed by atoms with Crippen LogP contribution in [0.25, 0.3) is 0 Å². The maximum Gasteiger partial charge on any atom is 0.268 e. The Morgan fingerprint density at radius 2 is 2.44 bits per heavy atom. The summed E-state index contributed by atoms with van der Waals surface area (Å²) in [4.78, 5) is 12.3. The second-order valence-corrected chi connectivity index (χ2v) is 6.09. The molecule has 0 bridgehead atoms. The molecule has 2 heterocycles. The Morgan fingerprint density at radius 1 is 1.67 bits per heavy atom. The van der Waals surface area contributed by atoms with Crippen LogP contribution in [0.2, 0.25) is 0 Å². The summed E-state index contributed by atoms with van der Waals surface area (Å²) in [6, 6.07) is 1.89. The van der Waals surface area contributed by atoms with E-state index in [4.69, 9.17) is 0 Å². The van der Waals surface area contributed by atoms with Gasteiger partial charge in [-0.25, -0.2) is 0 Å². The molecule has 0 saturated carbocycles. The zero-order chi connectivity index (χ0) is 13.2. The highest BCUT2D eigenvalue weighted by molar-refractivity contribution is 9.10. The van der Waals surface area contributed by atoms with Gasteiger partial charge in [0.2, 0.25) is 0 Å². The van der Waals surface area contributed by atoms with Crippen LogP contribution in [0.5, 0.6) is 0 Å². The second kappa shape index (κ2) is 5.45. The number of hydrogen-bond acceptors (Lipinski definition) is 2. The fraction of sp³-hybridized carbons (Fsp3) is 0.615. The molecule has 2 N–H and O–H groups in total. The summed E-state index contributed by atoms with van der Waals surface area (Å²) in [5.74, 6) is 0.0142. The van der Waals surface area contributed by atoms with Crippen molar-refractivity contribution in [2.45, 2.75) is 38.8 Å². The average molecular weight is 314 g/mol. The van der Waals surface area contributed by atoms with Crippen molar-refractivity contribution in [2.75, 3.05) is 13.1 Å². The van der Waals surface area contributed by atoms with Crippen LogP contribution in [-0.2, 0) is 6.54 Å². The molecule has 2 rings (SSSR count). The summed E-state index contributed by atoms with van der Waals surface area (Å²) in [5.41, 5.74) is 0.613. The van der Waals surface area contributed by atoms with E-state index in [0.29, 0.717) is 0 Å². The first-order chi connectivity index (χ1) is 8.54. The normalized spacial score (nSPS) is 23.3. The van der Waals surface area contributed by atoms with Crippen molar-refractivity contribution in [1.82, 2.24) is 15.2 Å². The molecular weight excluding hydrogens is 294 g/mol. The first-order valence-electron chi connectivity index (χ1n) is 6.43. The number of carbonyl (C=O) groups excluding carboxylic acids is 1. The molecule has 1 unspecified atom stereocenters. The largest absolute Gasteiger partial charge is 0.344 e. The molecule has 0 aliphatic carbocycles. The minimum atomic E-state index is -0.120. The monoisotopic (exact) mass is 313 g/mol. The van der Waals surface area contributed by atoms with E-state index in [0.717, 1.165) is 42.6 Å². The van der Waals surface area contributed by atoms with E-state index in [1.807, 2.05) is 16.8 Å². The molecule has 0 spiro atoms. The second-order valence-electron chi connectivity index (χ2n) is 5.18. The molecule has 1 aromatic heterocycles. The molecule has 1 saturated heterocycles. The van der Waals surface area contributed by atoms with Gasteiger partial charge >= 0.3 is 0 Å². The van der Waals surface area contributed by atoms with E-state index in [-0.39, 0.29) is 11.4 Å². The fourth-order valence-corrected chi connectivity index (χ4v) is 2.82. The van der Waals surface area contributed by atoms with Crippen molar-refractivity contribution in [3.8, 4) is 0 Å². The lowest BCUT2D eigenvalue weighted by molar-refractivity contribution is 0.0903. The Balaban J connectivity index is 2.12. The molecule has 1 fully saturated rings. The van der Waals surface area contributed by atoms with Crippen molar-refractivity contribution >= 4 is 21.8 Å². The third-order valence-corrected chi connectivity index (χ3v) is 3.78. The van der Waals surface area contributed by atoms with Gasteiger partial charge in [-0.2, -0.15) is 0 Å². The van der Waals surface area contributed by atoms with Crippen LogP contribution in [0.3, 0.4) is 0 Å². The van der Waals surface area contributed by atoms with Crippen LogP contribution >= 0.6 is 15.9 Å². The molecule has 1 aliphatic heterocycles. The van der Waals surface area contributed by atoms with Crippen LogP contribution in [0.1, 0.15) is 37.2 Å². The number of rotatable bonds is 4. The van der Waals surface area contributed by atoms with Crippen LogP contribution in [-0.4, -0.2) is 29.1 Å². The Hall–Kier alpha value is -0.810. The van der Waals surface area contributed by atoms with Gasteiger partial charge < -0.3 is 15.2 Å². The molecule has 1 amide bonds. The van der Waals surface area contributed by atoms with E-state index in [9.17, 15) is 4.79 Å².